The van der Waals surface area contributed by atoms with E-state index in [4.69, 9.17) is 10.5 Å². The van der Waals surface area contributed by atoms with E-state index in [1.165, 1.54) is 0 Å². The summed E-state index contributed by atoms with van der Waals surface area (Å²) in [4.78, 5) is 11.5. The number of carbonyl (C=O) groups excluding carboxylic acids is 1. The molecule has 0 fully saturated rings. The number of benzene rings is 1. The zero-order valence-electron chi connectivity index (χ0n) is 10.3. The molecule has 1 aromatic carbocycles. The van der Waals surface area contributed by atoms with Gasteiger partial charge in [-0.3, -0.25) is 4.79 Å². The number of rotatable bonds is 1. The lowest BCUT2D eigenvalue weighted by molar-refractivity contribution is 0.0866. The molecule has 2 heterocycles. The van der Waals surface area contributed by atoms with Gasteiger partial charge in [0.05, 0.1) is 16.9 Å². The molecule has 92 valence electrons. The molecule has 0 unspecified atom stereocenters. The third-order valence-electron chi connectivity index (χ3n) is 3.24. The Bertz CT molecular complexity index is 641. The minimum Gasteiger partial charge on any atom is -0.479 e. The predicted molar refractivity (Wildman–Crippen MR) is 67.9 cm³/mol. The van der Waals surface area contributed by atoms with Crippen LogP contribution in [0.4, 0.5) is 0 Å². The highest BCUT2D eigenvalue weighted by Gasteiger charge is 2.34. The zero-order valence-corrected chi connectivity index (χ0v) is 10.3. The van der Waals surface area contributed by atoms with Crippen LogP contribution >= 0.6 is 0 Å². The van der Waals surface area contributed by atoms with Crippen molar-refractivity contribution in [3.8, 4) is 11.4 Å². The van der Waals surface area contributed by atoms with Crippen molar-refractivity contribution in [1.29, 1.82) is 0 Å². The van der Waals surface area contributed by atoms with E-state index < -0.39 is 11.5 Å². The molecule has 1 aliphatic rings. The summed E-state index contributed by atoms with van der Waals surface area (Å²) in [6.07, 6.45) is 1.96. The first-order chi connectivity index (χ1) is 8.50. The molecule has 4 heteroatoms. The predicted octanol–water partition coefficient (Wildman–Crippen LogP) is 2.20. The number of nitrogens with two attached hydrogens (primary N) is 1. The van der Waals surface area contributed by atoms with Gasteiger partial charge in [-0.05, 0) is 38.1 Å². The SMILES string of the molecule is CC1(C)Oc2c(C(N)=O)cccc2-n2cccc21. The number of ether oxygens (including phenoxy) is 1. The maximum atomic E-state index is 11.5. The van der Waals surface area contributed by atoms with Gasteiger partial charge in [0.25, 0.3) is 5.91 Å². The van der Waals surface area contributed by atoms with Crippen LogP contribution in [0.25, 0.3) is 5.69 Å². The Morgan fingerprint density at radius 1 is 1.28 bits per heavy atom. The van der Waals surface area contributed by atoms with Crippen molar-refractivity contribution in [1.82, 2.24) is 4.57 Å². The van der Waals surface area contributed by atoms with Crippen LogP contribution in [0.2, 0.25) is 0 Å². The van der Waals surface area contributed by atoms with Crippen molar-refractivity contribution in [3.05, 3.63) is 47.8 Å². The summed E-state index contributed by atoms with van der Waals surface area (Å²) in [5, 5.41) is 0. The molecule has 3 rings (SSSR count). The summed E-state index contributed by atoms with van der Waals surface area (Å²) in [7, 11) is 0. The number of primary amides is 1. The van der Waals surface area contributed by atoms with Crippen LogP contribution in [-0.2, 0) is 5.60 Å². The molecule has 1 amide bonds. The topological polar surface area (TPSA) is 57.2 Å². The van der Waals surface area contributed by atoms with Gasteiger partial charge in [0, 0.05) is 6.20 Å². The highest BCUT2D eigenvalue weighted by Crippen LogP contribution is 2.40. The average Bonchev–Trinajstić information content (AvgIpc) is 2.77. The number of amides is 1. The number of hydrogen-bond acceptors (Lipinski definition) is 2. The Labute approximate surface area is 105 Å². The Hall–Kier alpha value is -2.23. The average molecular weight is 242 g/mol. The summed E-state index contributed by atoms with van der Waals surface area (Å²) in [6, 6.07) is 9.39. The Kier molecular flexibility index (Phi) is 2.05. The lowest BCUT2D eigenvalue weighted by atomic mass is 10.0. The van der Waals surface area contributed by atoms with E-state index in [-0.39, 0.29) is 0 Å². The van der Waals surface area contributed by atoms with Gasteiger partial charge >= 0.3 is 0 Å². The molecule has 2 aromatic rings. The first-order valence-electron chi connectivity index (χ1n) is 5.81. The lowest BCUT2D eigenvalue weighted by Crippen LogP contribution is -2.33. The smallest absolute Gasteiger partial charge is 0.252 e. The first-order valence-corrected chi connectivity index (χ1v) is 5.81. The quantitative estimate of drug-likeness (QED) is 0.833. The van der Waals surface area contributed by atoms with Gasteiger partial charge in [-0.2, -0.15) is 0 Å². The number of aromatic nitrogens is 1. The van der Waals surface area contributed by atoms with E-state index in [2.05, 4.69) is 0 Å². The van der Waals surface area contributed by atoms with Crippen molar-refractivity contribution in [2.45, 2.75) is 19.4 Å². The monoisotopic (exact) mass is 242 g/mol. The van der Waals surface area contributed by atoms with Crippen molar-refractivity contribution >= 4 is 5.91 Å². The second-order valence-corrected chi connectivity index (χ2v) is 4.89. The van der Waals surface area contributed by atoms with Crippen LogP contribution in [0.5, 0.6) is 5.75 Å². The Morgan fingerprint density at radius 2 is 2.06 bits per heavy atom. The molecule has 0 radical (unpaired) electrons. The molecule has 0 saturated heterocycles. The maximum absolute atomic E-state index is 11.5. The number of para-hydroxylation sites is 1. The minimum absolute atomic E-state index is 0.417. The van der Waals surface area contributed by atoms with E-state index >= 15 is 0 Å². The Morgan fingerprint density at radius 3 is 2.78 bits per heavy atom. The summed E-state index contributed by atoms with van der Waals surface area (Å²) in [6.45, 7) is 3.94. The molecule has 0 atom stereocenters. The van der Waals surface area contributed by atoms with Gasteiger partial charge in [-0.25, -0.2) is 0 Å². The molecule has 1 aromatic heterocycles. The number of carbonyl (C=O) groups is 1. The maximum Gasteiger partial charge on any atom is 0.252 e. The van der Waals surface area contributed by atoms with Crippen LogP contribution in [0.1, 0.15) is 29.9 Å². The molecule has 18 heavy (non-hydrogen) atoms. The van der Waals surface area contributed by atoms with E-state index in [1.54, 1.807) is 6.07 Å². The van der Waals surface area contributed by atoms with Crippen molar-refractivity contribution < 1.29 is 9.53 Å². The number of fused-ring (bicyclic) bond motifs is 3. The third-order valence-corrected chi connectivity index (χ3v) is 3.24. The van der Waals surface area contributed by atoms with Crippen LogP contribution in [0.15, 0.2) is 36.5 Å². The highest BCUT2D eigenvalue weighted by atomic mass is 16.5. The summed E-state index contributed by atoms with van der Waals surface area (Å²) in [5.41, 5.74) is 7.23. The second-order valence-electron chi connectivity index (χ2n) is 4.89. The van der Waals surface area contributed by atoms with Crippen LogP contribution in [0, 0.1) is 0 Å². The Balaban J connectivity index is 2.33. The van der Waals surface area contributed by atoms with Gasteiger partial charge in [0.2, 0.25) is 0 Å². The zero-order chi connectivity index (χ0) is 12.9. The molecular formula is C14H14N2O2. The fraction of sp³-hybridized carbons (Fsp3) is 0.214. The van der Waals surface area contributed by atoms with Crippen LogP contribution in [-0.4, -0.2) is 10.5 Å². The van der Waals surface area contributed by atoms with E-state index in [1.807, 2.05) is 48.9 Å². The number of hydrogen-bond donors (Lipinski definition) is 1. The molecule has 1 aliphatic heterocycles. The summed E-state index contributed by atoms with van der Waals surface area (Å²) < 4.78 is 8.01. The third kappa shape index (κ3) is 1.35. The number of nitrogens with zero attached hydrogens (tertiary/aromatic N) is 1. The van der Waals surface area contributed by atoms with Gasteiger partial charge in [0.1, 0.15) is 5.60 Å². The van der Waals surface area contributed by atoms with Gasteiger partial charge in [0.15, 0.2) is 5.75 Å². The van der Waals surface area contributed by atoms with Crippen molar-refractivity contribution in [2.75, 3.05) is 0 Å². The molecule has 4 nitrogen and oxygen atoms in total. The largest absolute Gasteiger partial charge is 0.479 e. The van der Waals surface area contributed by atoms with E-state index in [0.29, 0.717) is 11.3 Å². The molecule has 0 saturated carbocycles. The van der Waals surface area contributed by atoms with Gasteiger partial charge in [-0.1, -0.05) is 6.07 Å². The summed E-state index contributed by atoms with van der Waals surface area (Å²) >= 11 is 0. The lowest BCUT2D eigenvalue weighted by Gasteiger charge is -2.34. The van der Waals surface area contributed by atoms with Crippen molar-refractivity contribution in [3.63, 3.8) is 0 Å². The fourth-order valence-electron chi connectivity index (χ4n) is 2.40. The fourth-order valence-corrected chi connectivity index (χ4v) is 2.40. The first kappa shape index (κ1) is 10.9. The highest BCUT2D eigenvalue weighted by molar-refractivity contribution is 5.97. The van der Waals surface area contributed by atoms with Crippen molar-refractivity contribution in [2.24, 2.45) is 5.73 Å². The molecule has 2 N–H and O–H groups in total. The normalized spacial score (nSPS) is 15.4. The molecule has 0 aliphatic carbocycles. The van der Waals surface area contributed by atoms with Crippen LogP contribution < -0.4 is 10.5 Å². The van der Waals surface area contributed by atoms with Gasteiger partial charge in [-0.15, -0.1) is 0 Å². The second kappa shape index (κ2) is 3.38. The molecule has 0 spiro atoms. The standard InChI is InChI=1S/C14H14N2O2/c1-14(2)11-7-4-8-16(11)10-6-3-5-9(13(15)17)12(10)18-14/h3-8H,1-2H3,(H2,15,17). The van der Waals surface area contributed by atoms with Gasteiger partial charge < -0.3 is 15.0 Å². The summed E-state index contributed by atoms with van der Waals surface area (Å²) in [5.74, 6) is 0.0805. The molecule has 0 bridgehead atoms. The molecular weight excluding hydrogens is 228 g/mol. The van der Waals surface area contributed by atoms with E-state index in [0.717, 1.165) is 11.4 Å². The van der Waals surface area contributed by atoms with Crippen LogP contribution in [0.3, 0.4) is 0 Å². The van der Waals surface area contributed by atoms with E-state index in [9.17, 15) is 4.79 Å². The minimum atomic E-state index is -0.484.